The fraction of sp³-hybridized carbons (Fsp3) is 0.467. The summed E-state index contributed by atoms with van der Waals surface area (Å²) < 4.78 is 4.93. The van der Waals surface area contributed by atoms with Crippen LogP contribution in [0.5, 0.6) is 0 Å². The zero-order valence-corrected chi connectivity index (χ0v) is 12.0. The molecular weight excluding hydrogens is 258 g/mol. The van der Waals surface area contributed by atoms with Crippen LogP contribution >= 0.6 is 0 Å². The lowest BCUT2D eigenvalue weighted by Crippen LogP contribution is -2.33. The molecule has 0 aliphatic carbocycles. The predicted molar refractivity (Wildman–Crippen MR) is 76.9 cm³/mol. The summed E-state index contributed by atoms with van der Waals surface area (Å²) >= 11 is 0. The SMILES string of the molecule is COCCCC(=O)N(CCC(=O)O)c1ccccc1C. The van der Waals surface area contributed by atoms with Gasteiger partial charge < -0.3 is 14.7 Å². The number of benzene rings is 1. The number of hydrogen-bond donors (Lipinski definition) is 1. The second-order valence-corrected chi connectivity index (χ2v) is 4.57. The van der Waals surface area contributed by atoms with Crippen LogP contribution in [-0.2, 0) is 14.3 Å². The van der Waals surface area contributed by atoms with E-state index in [1.165, 1.54) is 0 Å². The maximum absolute atomic E-state index is 12.3. The van der Waals surface area contributed by atoms with Crippen LogP contribution in [0.3, 0.4) is 0 Å². The van der Waals surface area contributed by atoms with E-state index >= 15 is 0 Å². The number of amides is 1. The molecule has 20 heavy (non-hydrogen) atoms. The van der Waals surface area contributed by atoms with Crippen LogP contribution in [-0.4, -0.2) is 37.2 Å². The Hall–Kier alpha value is -1.88. The smallest absolute Gasteiger partial charge is 0.305 e. The molecule has 0 unspecified atom stereocenters. The van der Waals surface area contributed by atoms with E-state index in [1.54, 1.807) is 12.0 Å². The molecule has 0 aromatic heterocycles. The average molecular weight is 279 g/mol. The third kappa shape index (κ3) is 5.01. The number of nitrogens with zero attached hydrogens (tertiary/aromatic N) is 1. The van der Waals surface area contributed by atoms with Crippen LogP contribution in [0, 0.1) is 6.92 Å². The molecule has 5 nitrogen and oxygen atoms in total. The van der Waals surface area contributed by atoms with Gasteiger partial charge >= 0.3 is 5.97 Å². The molecule has 0 saturated carbocycles. The number of hydrogen-bond acceptors (Lipinski definition) is 3. The number of aliphatic carboxylic acids is 1. The largest absolute Gasteiger partial charge is 0.481 e. The number of carboxylic acid groups (broad SMARTS) is 1. The van der Waals surface area contributed by atoms with Gasteiger partial charge in [-0.05, 0) is 25.0 Å². The molecule has 5 heteroatoms. The highest BCUT2D eigenvalue weighted by molar-refractivity contribution is 5.94. The summed E-state index contributed by atoms with van der Waals surface area (Å²) in [4.78, 5) is 24.6. The summed E-state index contributed by atoms with van der Waals surface area (Å²) in [6.07, 6.45) is 0.914. The Bertz CT molecular complexity index is 459. The topological polar surface area (TPSA) is 66.8 Å². The van der Waals surface area contributed by atoms with E-state index in [9.17, 15) is 9.59 Å². The van der Waals surface area contributed by atoms with Gasteiger partial charge in [0.2, 0.25) is 5.91 Å². The van der Waals surface area contributed by atoms with Crippen molar-refractivity contribution >= 4 is 17.6 Å². The van der Waals surface area contributed by atoms with E-state index in [0.717, 1.165) is 11.3 Å². The van der Waals surface area contributed by atoms with E-state index in [1.807, 2.05) is 31.2 Å². The van der Waals surface area contributed by atoms with E-state index in [4.69, 9.17) is 9.84 Å². The summed E-state index contributed by atoms with van der Waals surface area (Å²) in [5.74, 6) is -0.981. The van der Waals surface area contributed by atoms with E-state index in [2.05, 4.69) is 0 Å². The van der Waals surface area contributed by atoms with Gasteiger partial charge in [-0.2, -0.15) is 0 Å². The van der Waals surface area contributed by atoms with Crippen LogP contribution in [0.4, 0.5) is 5.69 Å². The number of carbonyl (C=O) groups excluding carboxylic acids is 1. The molecule has 1 amide bonds. The highest BCUT2D eigenvalue weighted by atomic mass is 16.5. The molecule has 0 aliphatic heterocycles. The Morgan fingerprint density at radius 3 is 2.55 bits per heavy atom. The number of ether oxygens (including phenoxy) is 1. The number of methoxy groups -OCH3 is 1. The molecule has 0 fully saturated rings. The summed E-state index contributed by atoms with van der Waals surface area (Å²) in [5.41, 5.74) is 1.73. The zero-order valence-electron chi connectivity index (χ0n) is 12.0. The third-order valence-corrected chi connectivity index (χ3v) is 3.00. The highest BCUT2D eigenvalue weighted by Gasteiger charge is 2.17. The number of para-hydroxylation sites is 1. The number of carboxylic acids is 1. The molecule has 0 atom stereocenters. The van der Waals surface area contributed by atoms with Crippen molar-refractivity contribution in [1.29, 1.82) is 0 Å². The molecular formula is C15H21NO4. The molecule has 0 heterocycles. The molecule has 1 N–H and O–H groups in total. The lowest BCUT2D eigenvalue weighted by atomic mass is 10.1. The first-order valence-electron chi connectivity index (χ1n) is 6.63. The van der Waals surface area contributed by atoms with Crippen molar-refractivity contribution in [3.63, 3.8) is 0 Å². The van der Waals surface area contributed by atoms with Crippen LogP contribution in [0.25, 0.3) is 0 Å². The van der Waals surface area contributed by atoms with Gasteiger partial charge in [0.15, 0.2) is 0 Å². The maximum atomic E-state index is 12.3. The van der Waals surface area contributed by atoms with Crippen molar-refractivity contribution in [1.82, 2.24) is 0 Å². The van der Waals surface area contributed by atoms with E-state index < -0.39 is 5.97 Å². The van der Waals surface area contributed by atoms with Crippen molar-refractivity contribution < 1.29 is 19.4 Å². The van der Waals surface area contributed by atoms with Gasteiger partial charge in [0.1, 0.15) is 0 Å². The summed E-state index contributed by atoms with van der Waals surface area (Å²) in [6, 6.07) is 7.49. The molecule has 110 valence electrons. The monoisotopic (exact) mass is 279 g/mol. The highest BCUT2D eigenvalue weighted by Crippen LogP contribution is 2.21. The van der Waals surface area contributed by atoms with Gasteiger partial charge in [0.25, 0.3) is 0 Å². The Balaban J connectivity index is 2.82. The molecule has 0 radical (unpaired) electrons. The minimum atomic E-state index is -0.909. The van der Waals surface area contributed by atoms with Gasteiger partial charge in [0.05, 0.1) is 6.42 Å². The van der Waals surface area contributed by atoms with Crippen molar-refractivity contribution in [3.8, 4) is 0 Å². The normalized spacial score (nSPS) is 10.3. The van der Waals surface area contributed by atoms with Crippen molar-refractivity contribution in [2.75, 3.05) is 25.2 Å². The number of aryl methyl sites for hydroxylation is 1. The van der Waals surface area contributed by atoms with Crippen LogP contribution < -0.4 is 4.90 Å². The lowest BCUT2D eigenvalue weighted by Gasteiger charge is -2.24. The molecule has 1 aromatic rings. The first-order valence-corrected chi connectivity index (χ1v) is 6.63. The second kappa shape index (κ2) is 8.32. The van der Waals surface area contributed by atoms with Gasteiger partial charge in [-0.3, -0.25) is 9.59 Å². The second-order valence-electron chi connectivity index (χ2n) is 4.57. The minimum Gasteiger partial charge on any atom is -0.481 e. The lowest BCUT2D eigenvalue weighted by molar-refractivity contribution is -0.136. The number of anilines is 1. The molecule has 0 saturated heterocycles. The van der Waals surface area contributed by atoms with Crippen LogP contribution in [0.1, 0.15) is 24.8 Å². The summed E-state index contributed by atoms with van der Waals surface area (Å²) in [7, 11) is 1.59. The van der Waals surface area contributed by atoms with E-state index in [0.29, 0.717) is 19.4 Å². The fourth-order valence-corrected chi connectivity index (χ4v) is 1.96. The van der Waals surface area contributed by atoms with Crippen LogP contribution in [0.2, 0.25) is 0 Å². The molecule has 1 rings (SSSR count). The van der Waals surface area contributed by atoms with Crippen molar-refractivity contribution in [3.05, 3.63) is 29.8 Å². The molecule has 1 aromatic carbocycles. The quantitative estimate of drug-likeness (QED) is 0.741. The van der Waals surface area contributed by atoms with Crippen molar-refractivity contribution in [2.45, 2.75) is 26.2 Å². The summed E-state index contributed by atoms with van der Waals surface area (Å²) in [5, 5.41) is 8.82. The van der Waals surface area contributed by atoms with Crippen LogP contribution in [0.15, 0.2) is 24.3 Å². The first-order chi connectivity index (χ1) is 9.56. The van der Waals surface area contributed by atoms with Gasteiger partial charge in [0, 0.05) is 32.4 Å². The first kappa shape index (κ1) is 16.2. The number of carbonyl (C=O) groups is 2. The maximum Gasteiger partial charge on any atom is 0.305 e. The third-order valence-electron chi connectivity index (χ3n) is 3.00. The zero-order chi connectivity index (χ0) is 15.0. The molecule has 0 bridgehead atoms. The van der Waals surface area contributed by atoms with E-state index in [-0.39, 0.29) is 18.9 Å². The average Bonchev–Trinajstić information content (AvgIpc) is 2.41. The Morgan fingerprint density at radius 1 is 1.25 bits per heavy atom. The van der Waals surface area contributed by atoms with Crippen molar-refractivity contribution in [2.24, 2.45) is 0 Å². The number of rotatable bonds is 8. The molecule has 0 spiro atoms. The van der Waals surface area contributed by atoms with Gasteiger partial charge in [-0.25, -0.2) is 0 Å². The Morgan fingerprint density at radius 2 is 1.95 bits per heavy atom. The predicted octanol–water partition coefficient (Wildman–Crippen LogP) is 2.23. The summed E-state index contributed by atoms with van der Waals surface area (Å²) in [6.45, 7) is 2.61. The fourth-order valence-electron chi connectivity index (χ4n) is 1.96. The minimum absolute atomic E-state index is 0.0651. The van der Waals surface area contributed by atoms with Gasteiger partial charge in [-0.1, -0.05) is 18.2 Å². The standard InChI is InChI=1S/C15H21NO4/c1-12-6-3-4-7-13(12)16(10-9-15(18)19)14(17)8-5-11-20-2/h3-4,6-7H,5,8-11H2,1-2H3,(H,18,19). The van der Waals surface area contributed by atoms with Gasteiger partial charge in [-0.15, -0.1) is 0 Å². The Labute approximate surface area is 119 Å². The Kier molecular flexibility index (Phi) is 6.73. The molecule has 0 aliphatic rings.